The second-order valence-corrected chi connectivity index (χ2v) is 3.70. The van der Waals surface area contributed by atoms with Gasteiger partial charge in [-0.05, 0) is 31.5 Å². The van der Waals surface area contributed by atoms with E-state index >= 15 is 0 Å². The predicted molar refractivity (Wildman–Crippen MR) is 64.3 cm³/mol. The highest BCUT2D eigenvalue weighted by molar-refractivity contribution is 5.93. The van der Waals surface area contributed by atoms with Crippen molar-refractivity contribution < 1.29 is 9.53 Å². The highest BCUT2D eigenvalue weighted by Crippen LogP contribution is 2.15. The van der Waals surface area contributed by atoms with Crippen LogP contribution < -0.4 is 0 Å². The molecule has 0 saturated carbocycles. The Morgan fingerprint density at radius 1 is 1.41 bits per heavy atom. The molecule has 0 aliphatic rings. The first-order chi connectivity index (χ1) is 8.22. The fraction of sp³-hybridized carbons (Fsp3) is 0.231. The number of carbonyl (C=O) groups excluding carboxylic acids is 1. The first-order valence-electron chi connectivity index (χ1n) is 5.50. The Hall–Kier alpha value is -2.10. The van der Waals surface area contributed by atoms with E-state index in [1.165, 1.54) is 0 Å². The van der Waals surface area contributed by atoms with Crippen molar-refractivity contribution in [3.63, 3.8) is 0 Å². The minimum atomic E-state index is -0.323. The Morgan fingerprint density at radius 3 is 2.82 bits per heavy atom. The van der Waals surface area contributed by atoms with Crippen molar-refractivity contribution in [2.24, 2.45) is 0 Å². The second kappa shape index (κ2) is 4.82. The second-order valence-electron chi connectivity index (χ2n) is 3.70. The summed E-state index contributed by atoms with van der Waals surface area (Å²) in [6, 6.07) is 7.27. The Bertz CT molecular complexity index is 532. The standard InChI is InChI=1S/C13H14N2O2/c1-3-17-13(16)11-6-4-5-7-12(11)15-9-10(2)8-14-15/h4-9H,3H2,1-2H3. The summed E-state index contributed by atoms with van der Waals surface area (Å²) in [7, 11) is 0. The van der Waals surface area contributed by atoms with Gasteiger partial charge in [0, 0.05) is 6.20 Å². The van der Waals surface area contributed by atoms with Gasteiger partial charge in [-0.1, -0.05) is 12.1 Å². The maximum Gasteiger partial charge on any atom is 0.340 e. The summed E-state index contributed by atoms with van der Waals surface area (Å²) in [5.74, 6) is -0.323. The van der Waals surface area contributed by atoms with Crippen molar-refractivity contribution >= 4 is 5.97 Å². The van der Waals surface area contributed by atoms with Gasteiger partial charge in [-0.2, -0.15) is 5.10 Å². The molecule has 2 rings (SSSR count). The van der Waals surface area contributed by atoms with E-state index in [-0.39, 0.29) is 5.97 Å². The highest BCUT2D eigenvalue weighted by atomic mass is 16.5. The van der Waals surface area contributed by atoms with E-state index in [0.29, 0.717) is 12.2 Å². The van der Waals surface area contributed by atoms with Gasteiger partial charge in [0.25, 0.3) is 0 Å². The molecule has 1 heterocycles. The highest BCUT2D eigenvalue weighted by Gasteiger charge is 2.13. The first-order valence-corrected chi connectivity index (χ1v) is 5.50. The summed E-state index contributed by atoms with van der Waals surface area (Å²) in [5.41, 5.74) is 2.31. The predicted octanol–water partition coefficient (Wildman–Crippen LogP) is 2.36. The van der Waals surface area contributed by atoms with E-state index in [2.05, 4.69) is 5.10 Å². The van der Waals surface area contributed by atoms with Crippen molar-refractivity contribution in [3.8, 4) is 5.69 Å². The number of carbonyl (C=O) groups is 1. The van der Waals surface area contributed by atoms with E-state index < -0.39 is 0 Å². The number of benzene rings is 1. The first kappa shape index (κ1) is 11.4. The van der Waals surface area contributed by atoms with Crippen molar-refractivity contribution in [2.45, 2.75) is 13.8 Å². The summed E-state index contributed by atoms with van der Waals surface area (Å²) in [6.07, 6.45) is 3.62. The van der Waals surface area contributed by atoms with Crippen LogP contribution in [0.1, 0.15) is 22.8 Å². The molecule has 0 aliphatic heterocycles. The van der Waals surface area contributed by atoms with Gasteiger partial charge in [0.2, 0.25) is 0 Å². The number of aromatic nitrogens is 2. The lowest BCUT2D eigenvalue weighted by atomic mass is 10.2. The Balaban J connectivity index is 2.44. The zero-order valence-electron chi connectivity index (χ0n) is 9.88. The van der Waals surface area contributed by atoms with Crippen LogP contribution in [0.3, 0.4) is 0 Å². The molecule has 0 radical (unpaired) electrons. The monoisotopic (exact) mass is 230 g/mol. The third kappa shape index (κ3) is 2.36. The molecule has 0 spiro atoms. The number of hydrogen-bond acceptors (Lipinski definition) is 3. The minimum absolute atomic E-state index is 0.323. The lowest BCUT2D eigenvalue weighted by Crippen LogP contribution is -2.09. The van der Waals surface area contributed by atoms with Gasteiger partial charge in [0.1, 0.15) is 0 Å². The molecule has 1 aromatic heterocycles. The number of hydrogen-bond donors (Lipinski definition) is 0. The quantitative estimate of drug-likeness (QED) is 0.760. The fourth-order valence-corrected chi connectivity index (χ4v) is 1.60. The molecule has 1 aromatic carbocycles. The lowest BCUT2D eigenvalue weighted by Gasteiger charge is -2.08. The summed E-state index contributed by atoms with van der Waals surface area (Å²) in [5, 5.41) is 4.20. The molecule has 0 unspecified atom stereocenters. The Kier molecular flexibility index (Phi) is 3.23. The molecular formula is C13H14N2O2. The van der Waals surface area contributed by atoms with Crippen LogP contribution in [0.15, 0.2) is 36.7 Å². The molecule has 0 bridgehead atoms. The van der Waals surface area contributed by atoms with Crippen molar-refractivity contribution in [2.75, 3.05) is 6.61 Å². The Labute approximate surface area is 99.8 Å². The molecule has 0 fully saturated rings. The third-order valence-corrected chi connectivity index (χ3v) is 2.36. The number of para-hydroxylation sites is 1. The number of aryl methyl sites for hydroxylation is 1. The van der Waals surface area contributed by atoms with Gasteiger partial charge in [-0.25, -0.2) is 9.48 Å². The molecule has 0 amide bonds. The molecule has 17 heavy (non-hydrogen) atoms. The van der Waals surface area contributed by atoms with Crippen LogP contribution in [0, 0.1) is 6.92 Å². The molecule has 0 N–H and O–H groups in total. The largest absolute Gasteiger partial charge is 0.462 e. The summed E-state index contributed by atoms with van der Waals surface area (Å²) in [4.78, 5) is 11.8. The van der Waals surface area contributed by atoms with Crippen LogP contribution in [0.5, 0.6) is 0 Å². The normalized spacial score (nSPS) is 10.2. The van der Waals surface area contributed by atoms with Gasteiger partial charge in [0.15, 0.2) is 0 Å². The van der Waals surface area contributed by atoms with Crippen LogP contribution >= 0.6 is 0 Å². The van der Waals surface area contributed by atoms with Crippen molar-refractivity contribution in [3.05, 3.63) is 47.8 Å². The zero-order valence-corrected chi connectivity index (χ0v) is 9.88. The van der Waals surface area contributed by atoms with E-state index in [1.54, 1.807) is 23.9 Å². The van der Waals surface area contributed by atoms with Crippen molar-refractivity contribution in [1.29, 1.82) is 0 Å². The average molecular weight is 230 g/mol. The number of esters is 1. The maximum atomic E-state index is 11.8. The molecule has 4 nitrogen and oxygen atoms in total. The van der Waals surface area contributed by atoms with Crippen LogP contribution in [-0.4, -0.2) is 22.4 Å². The summed E-state index contributed by atoms with van der Waals surface area (Å²) in [6.45, 7) is 4.11. The zero-order chi connectivity index (χ0) is 12.3. The molecular weight excluding hydrogens is 216 g/mol. The molecule has 0 aliphatic carbocycles. The lowest BCUT2D eigenvalue weighted by molar-refractivity contribution is 0.0526. The number of nitrogens with zero attached hydrogens (tertiary/aromatic N) is 2. The van der Waals surface area contributed by atoms with E-state index in [9.17, 15) is 4.79 Å². The summed E-state index contributed by atoms with van der Waals surface area (Å²) < 4.78 is 6.70. The van der Waals surface area contributed by atoms with E-state index in [1.807, 2.05) is 31.3 Å². The van der Waals surface area contributed by atoms with Gasteiger partial charge in [0.05, 0.1) is 24.1 Å². The van der Waals surface area contributed by atoms with Gasteiger partial charge >= 0.3 is 5.97 Å². The van der Waals surface area contributed by atoms with Crippen LogP contribution in [0.25, 0.3) is 5.69 Å². The van der Waals surface area contributed by atoms with E-state index in [0.717, 1.165) is 11.3 Å². The average Bonchev–Trinajstić information content (AvgIpc) is 2.76. The molecule has 2 aromatic rings. The fourth-order valence-electron chi connectivity index (χ4n) is 1.60. The minimum Gasteiger partial charge on any atom is -0.462 e. The summed E-state index contributed by atoms with van der Waals surface area (Å²) >= 11 is 0. The van der Waals surface area contributed by atoms with Crippen LogP contribution in [-0.2, 0) is 4.74 Å². The van der Waals surface area contributed by atoms with Gasteiger partial charge < -0.3 is 4.74 Å². The SMILES string of the molecule is CCOC(=O)c1ccccc1-n1cc(C)cn1. The number of rotatable bonds is 3. The van der Waals surface area contributed by atoms with Crippen molar-refractivity contribution in [1.82, 2.24) is 9.78 Å². The molecule has 0 atom stereocenters. The van der Waals surface area contributed by atoms with Gasteiger partial charge in [-0.15, -0.1) is 0 Å². The van der Waals surface area contributed by atoms with E-state index in [4.69, 9.17) is 4.74 Å². The topological polar surface area (TPSA) is 44.1 Å². The van der Waals surface area contributed by atoms with Crippen LogP contribution in [0.4, 0.5) is 0 Å². The smallest absolute Gasteiger partial charge is 0.340 e. The molecule has 0 saturated heterocycles. The van der Waals surface area contributed by atoms with Gasteiger partial charge in [-0.3, -0.25) is 0 Å². The number of ether oxygens (including phenoxy) is 1. The Morgan fingerprint density at radius 2 is 2.18 bits per heavy atom. The third-order valence-electron chi connectivity index (χ3n) is 2.36. The maximum absolute atomic E-state index is 11.8. The molecule has 88 valence electrons. The van der Waals surface area contributed by atoms with Crippen LogP contribution in [0.2, 0.25) is 0 Å². The molecule has 4 heteroatoms.